The van der Waals surface area contributed by atoms with Crippen LogP contribution in [0.2, 0.25) is 0 Å². The molecule has 0 atom stereocenters. The predicted molar refractivity (Wildman–Crippen MR) is 108 cm³/mol. The maximum atomic E-state index is 12.8. The van der Waals surface area contributed by atoms with Crippen molar-refractivity contribution in [1.82, 2.24) is 10.2 Å². The summed E-state index contributed by atoms with van der Waals surface area (Å²) in [7, 11) is -3.79. The van der Waals surface area contributed by atoms with Crippen molar-refractivity contribution in [3.8, 4) is 0 Å². The fourth-order valence-corrected chi connectivity index (χ4v) is 4.33. The molecule has 1 heterocycles. The van der Waals surface area contributed by atoms with Crippen LogP contribution in [-0.4, -0.2) is 58.6 Å². The van der Waals surface area contributed by atoms with Crippen molar-refractivity contribution in [2.75, 3.05) is 44.1 Å². The van der Waals surface area contributed by atoms with Crippen molar-refractivity contribution >= 4 is 21.6 Å². The van der Waals surface area contributed by atoms with Gasteiger partial charge in [0.05, 0.1) is 18.1 Å². The molecule has 8 heteroatoms. The molecule has 1 aliphatic heterocycles. The maximum absolute atomic E-state index is 12.8. The summed E-state index contributed by atoms with van der Waals surface area (Å²) in [6, 6.07) is 13.4. The highest BCUT2D eigenvalue weighted by Gasteiger charge is 2.19. The van der Waals surface area contributed by atoms with Gasteiger partial charge in [-0.2, -0.15) is 0 Å². The lowest BCUT2D eigenvalue weighted by atomic mass is 10.1. The SMILES string of the molecule is Cc1ccc(C(=O)NCCN2CCOCC2)cc1S(=O)(=O)Nc1ccccc1. The Labute approximate surface area is 165 Å². The van der Waals surface area contributed by atoms with Gasteiger partial charge in [-0.15, -0.1) is 0 Å². The number of carbonyl (C=O) groups is 1. The van der Waals surface area contributed by atoms with Crippen molar-refractivity contribution in [1.29, 1.82) is 0 Å². The number of benzene rings is 2. The Kier molecular flexibility index (Phi) is 6.66. The van der Waals surface area contributed by atoms with Crippen LogP contribution in [0.3, 0.4) is 0 Å². The summed E-state index contributed by atoms with van der Waals surface area (Å²) in [6.45, 7) is 6.07. The number of carbonyl (C=O) groups excluding carboxylic acids is 1. The summed E-state index contributed by atoms with van der Waals surface area (Å²) in [5.41, 5.74) is 1.37. The van der Waals surface area contributed by atoms with E-state index in [1.807, 2.05) is 6.07 Å². The summed E-state index contributed by atoms with van der Waals surface area (Å²) in [6.07, 6.45) is 0. The zero-order chi connectivity index (χ0) is 20.0. The number of morpholine rings is 1. The molecule has 1 aliphatic rings. The number of hydrogen-bond donors (Lipinski definition) is 2. The average Bonchev–Trinajstić information content (AvgIpc) is 2.69. The molecule has 0 radical (unpaired) electrons. The van der Waals surface area contributed by atoms with Gasteiger partial charge in [0.15, 0.2) is 0 Å². The van der Waals surface area contributed by atoms with Gasteiger partial charge >= 0.3 is 0 Å². The highest BCUT2D eigenvalue weighted by Crippen LogP contribution is 2.20. The van der Waals surface area contributed by atoms with E-state index in [1.165, 1.54) is 6.07 Å². The van der Waals surface area contributed by atoms with Crippen LogP contribution in [0.15, 0.2) is 53.4 Å². The molecule has 0 bridgehead atoms. The largest absolute Gasteiger partial charge is 0.379 e. The van der Waals surface area contributed by atoms with Crippen LogP contribution >= 0.6 is 0 Å². The molecule has 1 amide bonds. The zero-order valence-electron chi connectivity index (χ0n) is 15.8. The molecule has 0 aliphatic carbocycles. The molecule has 1 fully saturated rings. The van der Waals surface area contributed by atoms with Crippen LogP contribution in [0.25, 0.3) is 0 Å². The molecule has 150 valence electrons. The Bertz CT molecular complexity index is 910. The maximum Gasteiger partial charge on any atom is 0.262 e. The number of sulfonamides is 1. The lowest BCUT2D eigenvalue weighted by Gasteiger charge is -2.26. The number of para-hydroxylation sites is 1. The van der Waals surface area contributed by atoms with Gasteiger partial charge in [-0.25, -0.2) is 8.42 Å². The van der Waals surface area contributed by atoms with Crippen molar-refractivity contribution in [3.63, 3.8) is 0 Å². The van der Waals surface area contributed by atoms with Crippen LogP contribution < -0.4 is 10.0 Å². The molecule has 2 N–H and O–H groups in total. The predicted octanol–water partition coefficient (Wildman–Crippen LogP) is 1.86. The Morgan fingerprint density at radius 3 is 2.54 bits per heavy atom. The second-order valence-electron chi connectivity index (χ2n) is 6.66. The van der Waals surface area contributed by atoms with E-state index in [-0.39, 0.29) is 10.8 Å². The number of hydrogen-bond acceptors (Lipinski definition) is 5. The van der Waals surface area contributed by atoms with Gasteiger partial charge in [0.2, 0.25) is 0 Å². The number of nitrogens with one attached hydrogen (secondary N) is 2. The summed E-state index contributed by atoms with van der Waals surface area (Å²) < 4.78 is 33.4. The molecule has 1 saturated heterocycles. The molecular formula is C20H25N3O4S. The van der Waals surface area contributed by atoms with E-state index >= 15 is 0 Å². The van der Waals surface area contributed by atoms with Crippen molar-refractivity contribution < 1.29 is 17.9 Å². The Morgan fingerprint density at radius 1 is 1.11 bits per heavy atom. The number of rotatable bonds is 7. The molecule has 0 unspecified atom stereocenters. The average molecular weight is 404 g/mol. The molecule has 28 heavy (non-hydrogen) atoms. The molecule has 0 aromatic heterocycles. The van der Waals surface area contributed by atoms with Gasteiger partial charge in [-0.1, -0.05) is 24.3 Å². The molecular weight excluding hydrogens is 378 g/mol. The van der Waals surface area contributed by atoms with Crippen molar-refractivity contribution in [2.24, 2.45) is 0 Å². The Hall–Kier alpha value is -2.42. The van der Waals surface area contributed by atoms with E-state index in [0.29, 0.717) is 36.6 Å². The molecule has 2 aromatic rings. The van der Waals surface area contributed by atoms with Crippen LogP contribution in [0.4, 0.5) is 5.69 Å². The third-order valence-corrected chi connectivity index (χ3v) is 6.11. The second kappa shape index (κ2) is 9.18. The van der Waals surface area contributed by atoms with Crippen LogP contribution in [0.1, 0.15) is 15.9 Å². The number of anilines is 1. The topological polar surface area (TPSA) is 87.7 Å². The number of nitrogens with zero attached hydrogens (tertiary/aromatic N) is 1. The van der Waals surface area contributed by atoms with E-state index in [1.54, 1.807) is 43.3 Å². The minimum Gasteiger partial charge on any atom is -0.379 e. The fraction of sp³-hybridized carbons (Fsp3) is 0.350. The fourth-order valence-electron chi connectivity index (χ4n) is 3.00. The Balaban J connectivity index is 1.67. The van der Waals surface area contributed by atoms with Crippen molar-refractivity contribution in [2.45, 2.75) is 11.8 Å². The third kappa shape index (κ3) is 5.31. The monoisotopic (exact) mass is 403 g/mol. The van der Waals surface area contributed by atoms with Crippen LogP contribution in [-0.2, 0) is 14.8 Å². The summed E-state index contributed by atoms with van der Waals surface area (Å²) in [5.74, 6) is -0.288. The van der Waals surface area contributed by atoms with E-state index in [9.17, 15) is 13.2 Å². The van der Waals surface area contributed by atoms with Gasteiger partial charge < -0.3 is 10.1 Å². The molecule has 2 aromatic carbocycles. The highest BCUT2D eigenvalue weighted by molar-refractivity contribution is 7.92. The smallest absolute Gasteiger partial charge is 0.262 e. The van der Waals surface area contributed by atoms with Gasteiger partial charge in [-0.3, -0.25) is 14.4 Å². The Morgan fingerprint density at radius 2 is 1.82 bits per heavy atom. The van der Waals surface area contributed by atoms with Crippen LogP contribution in [0, 0.1) is 6.92 Å². The molecule has 3 rings (SSSR count). The van der Waals surface area contributed by atoms with E-state index in [2.05, 4.69) is 14.9 Å². The van der Waals surface area contributed by atoms with Crippen LogP contribution in [0.5, 0.6) is 0 Å². The first-order valence-corrected chi connectivity index (χ1v) is 10.7. The molecule has 7 nitrogen and oxygen atoms in total. The first-order valence-electron chi connectivity index (χ1n) is 9.22. The second-order valence-corrected chi connectivity index (χ2v) is 8.31. The lowest BCUT2D eigenvalue weighted by Crippen LogP contribution is -2.41. The molecule has 0 saturated carbocycles. The number of aryl methyl sites for hydroxylation is 1. The summed E-state index contributed by atoms with van der Waals surface area (Å²) >= 11 is 0. The van der Waals surface area contributed by atoms with Crippen molar-refractivity contribution in [3.05, 3.63) is 59.7 Å². The van der Waals surface area contributed by atoms with Gasteiger partial charge in [0, 0.05) is 37.4 Å². The summed E-state index contributed by atoms with van der Waals surface area (Å²) in [5, 5.41) is 2.86. The van der Waals surface area contributed by atoms with Gasteiger partial charge in [-0.05, 0) is 36.8 Å². The number of amides is 1. The normalized spacial score (nSPS) is 15.2. The first-order chi connectivity index (χ1) is 13.5. The minimum atomic E-state index is -3.79. The first kappa shape index (κ1) is 20.3. The van der Waals surface area contributed by atoms with E-state index < -0.39 is 10.0 Å². The molecule has 0 spiro atoms. The standard InChI is InChI=1S/C20H25N3O4S/c1-16-7-8-17(20(24)21-9-10-23-11-13-27-14-12-23)15-19(16)28(25,26)22-18-5-3-2-4-6-18/h2-8,15,22H,9-14H2,1H3,(H,21,24). The quantitative estimate of drug-likeness (QED) is 0.737. The lowest BCUT2D eigenvalue weighted by molar-refractivity contribution is 0.0383. The summed E-state index contributed by atoms with van der Waals surface area (Å²) in [4.78, 5) is 14.8. The number of ether oxygens (including phenoxy) is 1. The van der Waals surface area contributed by atoms with E-state index in [4.69, 9.17) is 4.74 Å². The minimum absolute atomic E-state index is 0.0946. The van der Waals surface area contributed by atoms with E-state index in [0.717, 1.165) is 19.6 Å². The van der Waals surface area contributed by atoms with Gasteiger partial charge in [0.25, 0.3) is 15.9 Å². The zero-order valence-corrected chi connectivity index (χ0v) is 16.7. The highest BCUT2D eigenvalue weighted by atomic mass is 32.2. The van der Waals surface area contributed by atoms with Gasteiger partial charge in [0.1, 0.15) is 0 Å². The third-order valence-electron chi connectivity index (χ3n) is 4.58.